The highest BCUT2D eigenvalue weighted by molar-refractivity contribution is 7.99. The molecule has 0 fully saturated rings. The standard InChI is InChI=1S/C22H22N4O2S/c1-4-18(27)26-17-9-7-6-8-16(17)19-20(23-22(25-24-19)29-5-2)28-21(26)15-12-10-14(3)11-13-15/h6-13,21H,4-5H2,1-3H3. The number of amides is 1. The highest BCUT2D eigenvalue weighted by Gasteiger charge is 2.35. The maximum Gasteiger partial charge on any atom is 0.247 e. The Morgan fingerprint density at radius 2 is 1.86 bits per heavy atom. The number of carbonyl (C=O) groups is 1. The number of anilines is 1. The molecule has 1 aliphatic heterocycles. The third kappa shape index (κ3) is 3.70. The van der Waals surface area contributed by atoms with E-state index in [1.807, 2.05) is 69.3 Å². The molecule has 1 unspecified atom stereocenters. The van der Waals surface area contributed by atoms with Gasteiger partial charge in [0, 0.05) is 17.5 Å². The summed E-state index contributed by atoms with van der Waals surface area (Å²) < 4.78 is 6.37. The Balaban J connectivity index is 1.94. The van der Waals surface area contributed by atoms with Crippen LogP contribution in [0.5, 0.6) is 5.88 Å². The molecule has 0 spiro atoms. The maximum absolute atomic E-state index is 13.0. The number of ether oxygens (including phenoxy) is 1. The van der Waals surface area contributed by atoms with Gasteiger partial charge in [-0.05, 0) is 18.7 Å². The number of carbonyl (C=O) groups excluding carboxylic acids is 1. The molecular formula is C22H22N4O2S. The van der Waals surface area contributed by atoms with E-state index in [1.165, 1.54) is 11.8 Å². The second-order valence-electron chi connectivity index (χ2n) is 6.70. The Hall–Kier alpha value is -2.93. The van der Waals surface area contributed by atoms with Crippen molar-refractivity contribution >= 4 is 23.4 Å². The predicted molar refractivity (Wildman–Crippen MR) is 114 cm³/mol. The van der Waals surface area contributed by atoms with Gasteiger partial charge in [-0.3, -0.25) is 9.69 Å². The minimum absolute atomic E-state index is 0.0352. The van der Waals surface area contributed by atoms with Gasteiger partial charge < -0.3 is 4.74 Å². The normalized spacial score (nSPS) is 15.1. The molecule has 0 bridgehead atoms. The minimum Gasteiger partial charge on any atom is -0.447 e. The fourth-order valence-electron chi connectivity index (χ4n) is 3.29. The summed E-state index contributed by atoms with van der Waals surface area (Å²) in [6, 6.07) is 15.7. The number of aryl methyl sites for hydroxylation is 1. The molecule has 0 radical (unpaired) electrons. The zero-order valence-electron chi connectivity index (χ0n) is 16.6. The summed E-state index contributed by atoms with van der Waals surface area (Å²) in [6.07, 6.45) is -0.284. The lowest BCUT2D eigenvalue weighted by atomic mass is 10.1. The minimum atomic E-state index is -0.637. The summed E-state index contributed by atoms with van der Waals surface area (Å²) in [5.41, 5.74) is 4.10. The molecule has 7 heteroatoms. The quantitative estimate of drug-likeness (QED) is 0.580. The highest BCUT2D eigenvalue weighted by atomic mass is 32.2. The molecule has 1 atom stereocenters. The van der Waals surface area contributed by atoms with Crippen molar-refractivity contribution in [2.75, 3.05) is 10.7 Å². The van der Waals surface area contributed by atoms with E-state index in [4.69, 9.17) is 4.74 Å². The molecule has 4 rings (SSSR count). The van der Waals surface area contributed by atoms with Crippen LogP contribution >= 0.6 is 11.8 Å². The third-order valence-electron chi connectivity index (χ3n) is 4.72. The summed E-state index contributed by atoms with van der Waals surface area (Å²) in [6.45, 7) is 5.92. The van der Waals surface area contributed by atoms with Gasteiger partial charge in [0.05, 0.1) is 5.69 Å². The van der Waals surface area contributed by atoms with E-state index in [0.717, 1.165) is 28.1 Å². The zero-order valence-corrected chi connectivity index (χ0v) is 17.4. The van der Waals surface area contributed by atoms with Crippen LogP contribution in [-0.2, 0) is 4.79 Å². The van der Waals surface area contributed by atoms with Gasteiger partial charge in [-0.2, -0.15) is 4.98 Å². The van der Waals surface area contributed by atoms with Gasteiger partial charge >= 0.3 is 0 Å². The number of benzene rings is 2. The van der Waals surface area contributed by atoms with Crippen LogP contribution in [0.2, 0.25) is 0 Å². The number of aromatic nitrogens is 3. The van der Waals surface area contributed by atoms with Crippen molar-refractivity contribution in [1.82, 2.24) is 15.2 Å². The van der Waals surface area contributed by atoms with E-state index in [1.54, 1.807) is 4.90 Å². The second kappa shape index (κ2) is 8.21. The number of rotatable bonds is 4. The average molecular weight is 407 g/mol. The molecular weight excluding hydrogens is 384 g/mol. The molecule has 0 saturated carbocycles. The Morgan fingerprint density at radius 1 is 1.10 bits per heavy atom. The lowest BCUT2D eigenvalue weighted by Crippen LogP contribution is -2.37. The highest BCUT2D eigenvalue weighted by Crippen LogP contribution is 2.43. The van der Waals surface area contributed by atoms with Gasteiger partial charge in [-0.25, -0.2) is 0 Å². The average Bonchev–Trinajstić information content (AvgIpc) is 2.88. The van der Waals surface area contributed by atoms with Gasteiger partial charge in [-0.15, -0.1) is 10.2 Å². The number of para-hydroxylation sites is 1. The Morgan fingerprint density at radius 3 is 2.59 bits per heavy atom. The van der Waals surface area contributed by atoms with Gasteiger partial charge in [0.15, 0.2) is 5.69 Å². The first-order valence-corrected chi connectivity index (χ1v) is 10.6. The van der Waals surface area contributed by atoms with Gasteiger partial charge in [-0.1, -0.05) is 73.6 Å². The SMILES string of the molecule is CCSc1nnc2c(n1)OC(c1ccc(C)cc1)N(C(=O)CC)c1ccccc1-2. The summed E-state index contributed by atoms with van der Waals surface area (Å²) in [7, 11) is 0. The van der Waals surface area contributed by atoms with Crippen molar-refractivity contribution < 1.29 is 9.53 Å². The van der Waals surface area contributed by atoms with E-state index >= 15 is 0 Å². The van der Waals surface area contributed by atoms with Crippen molar-refractivity contribution in [1.29, 1.82) is 0 Å². The van der Waals surface area contributed by atoms with E-state index in [0.29, 0.717) is 23.2 Å². The van der Waals surface area contributed by atoms with Crippen LogP contribution in [0, 0.1) is 6.92 Å². The van der Waals surface area contributed by atoms with Crippen LogP contribution in [-0.4, -0.2) is 26.8 Å². The zero-order chi connectivity index (χ0) is 20.4. The Kier molecular flexibility index (Phi) is 5.49. The molecule has 0 N–H and O–H groups in total. The number of thioether (sulfide) groups is 1. The molecule has 1 amide bonds. The first-order valence-electron chi connectivity index (χ1n) is 9.64. The molecule has 29 heavy (non-hydrogen) atoms. The van der Waals surface area contributed by atoms with Crippen molar-refractivity contribution in [2.45, 2.75) is 38.6 Å². The molecule has 0 saturated heterocycles. The first kappa shape index (κ1) is 19.4. The van der Waals surface area contributed by atoms with Crippen LogP contribution in [0.1, 0.15) is 37.6 Å². The lowest BCUT2D eigenvalue weighted by molar-refractivity contribution is -0.120. The largest absolute Gasteiger partial charge is 0.447 e. The van der Waals surface area contributed by atoms with Crippen molar-refractivity contribution in [3.63, 3.8) is 0 Å². The number of hydrogen-bond acceptors (Lipinski definition) is 6. The molecule has 3 aromatic rings. The van der Waals surface area contributed by atoms with E-state index < -0.39 is 6.23 Å². The lowest BCUT2D eigenvalue weighted by Gasteiger charge is -2.30. The third-order valence-corrected chi connectivity index (χ3v) is 5.44. The van der Waals surface area contributed by atoms with Crippen LogP contribution in [0.4, 0.5) is 5.69 Å². The van der Waals surface area contributed by atoms with Crippen molar-refractivity contribution in [2.24, 2.45) is 0 Å². The van der Waals surface area contributed by atoms with Gasteiger partial charge in [0.2, 0.25) is 23.2 Å². The van der Waals surface area contributed by atoms with E-state index in [2.05, 4.69) is 15.2 Å². The number of hydrogen-bond donors (Lipinski definition) is 0. The van der Waals surface area contributed by atoms with Crippen LogP contribution in [0.25, 0.3) is 11.3 Å². The van der Waals surface area contributed by atoms with Gasteiger partial charge in [0.25, 0.3) is 0 Å². The molecule has 2 heterocycles. The predicted octanol–water partition coefficient (Wildman–Crippen LogP) is 4.79. The summed E-state index contributed by atoms with van der Waals surface area (Å²) in [5, 5.41) is 9.20. The second-order valence-corrected chi connectivity index (χ2v) is 7.93. The Bertz CT molecular complexity index is 1040. The molecule has 2 aromatic carbocycles. The van der Waals surface area contributed by atoms with E-state index in [9.17, 15) is 4.79 Å². The molecule has 1 aromatic heterocycles. The Labute approximate surface area is 174 Å². The first-order chi connectivity index (χ1) is 14.1. The number of nitrogens with zero attached hydrogens (tertiary/aromatic N) is 4. The van der Waals surface area contributed by atoms with Crippen LogP contribution in [0.3, 0.4) is 0 Å². The fourth-order valence-corrected chi connectivity index (χ4v) is 3.80. The topological polar surface area (TPSA) is 68.2 Å². The van der Waals surface area contributed by atoms with Crippen molar-refractivity contribution in [3.8, 4) is 17.1 Å². The van der Waals surface area contributed by atoms with Crippen LogP contribution in [0.15, 0.2) is 53.7 Å². The molecule has 0 aliphatic carbocycles. The smallest absolute Gasteiger partial charge is 0.247 e. The molecule has 6 nitrogen and oxygen atoms in total. The van der Waals surface area contributed by atoms with Crippen LogP contribution < -0.4 is 9.64 Å². The molecule has 148 valence electrons. The number of fused-ring (bicyclic) bond motifs is 3. The van der Waals surface area contributed by atoms with Crippen molar-refractivity contribution in [3.05, 3.63) is 59.7 Å². The monoisotopic (exact) mass is 406 g/mol. The summed E-state index contributed by atoms with van der Waals surface area (Å²) >= 11 is 1.50. The van der Waals surface area contributed by atoms with Gasteiger partial charge in [0.1, 0.15) is 0 Å². The summed E-state index contributed by atoms with van der Waals surface area (Å²) in [4.78, 5) is 19.3. The summed E-state index contributed by atoms with van der Waals surface area (Å²) in [5.74, 6) is 1.19. The maximum atomic E-state index is 13.0. The molecule has 1 aliphatic rings. The fraction of sp³-hybridized carbons (Fsp3) is 0.273. The van der Waals surface area contributed by atoms with E-state index in [-0.39, 0.29) is 5.91 Å².